The molecule has 2 aromatic rings. The van der Waals surface area contributed by atoms with Crippen molar-refractivity contribution in [3.8, 4) is 0 Å². The number of fused-ring (bicyclic) bond motifs is 1. The Labute approximate surface area is 166 Å². The number of nitrogens with zero attached hydrogens (tertiary/aromatic N) is 3. The smallest absolute Gasteiger partial charge is 0.326 e. The Balaban J connectivity index is 2.07. The molecule has 0 aliphatic heterocycles. The summed E-state index contributed by atoms with van der Waals surface area (Å²) in [5.41, 5.74) is 10.8. The molecule has 10 nitrogen and oxygen atoms in total. The highest BCUT2D eigenvalue weighted by atomic mass is 16.4. The van der Waals surface area contributed by atoms with Crippen LogP contribution in [0.25, 0.3) is 16.4 Å². The molecule has 0 fully saturated rings. The number of aromatic amines is 1. The molecule has 1 amide bonds. The van der Waals surface area contributed by atoms with Crippen LogP contribution in [0.2, 0.25) is 0 Å². The van der Waals surface area contributed by atoms with Crippen molar-refractivity contribution >= 4 is 40.5 Å². The number of hydrogen-bond donors (Lipinski definition) is 4. The Morgan fingerprint density at radius 2 is 2.07 bits per heavy atom. The molecule has 1 aromatic carbocycles. The fraction of sp³-hybridized carbons (Fsp3) is 0.368. The maximum absolute atomic E-state index is 12.3. The zero-order chi connectivity index (χ0) is 21.6. The topological polar surface area (TPSA) is 159 Å². The monoisotopic (exact) mass is 401 g/mol. The number of benzene rings is 1. The molecule has 0 radical (unpaired) electrons. The van der Waals surface area contributed by atoms with E-state index in [4.69, 9.17) is 5.53 Å². The molecule has 154 valence electrons. The van der Waals surface area contributed by atoms with E-state index in [2.05, 4.69) is 15.1 Å². The Bertz CT molecular complexity index is 961. The lowest BCUT2D eigenvalue weighted by Gasteiger charge is -2.17. The summed E-state index contributed by atoms with van der Waals surface area (Å²) < 4.78 is 0. The van der Waals surface area contributed by atoms with Gasteiger partial charge in [0.25, 0.3) is 0 Å². The summed E-state index contributed by atoms with van der Waals surface area (Å²) in [7, 11) is 3.81. The largest absolute Gasteiger partial charge is 0.480 e. The number of para-hydroxylation sites is 1. The Kier molecular flexibility index (Phi) is 7.24. The summed E-state index contributed by atoms with van der Waals surface area (Å²) in [5.74, 6) is -2.76. The Hall–Kier alpha value is -3.49. The second-order valence-electron chi connectivity index (χ2n) is 6.78. The second kappa shape index (κ2) is 9.63. The molecule has 0 aliphatic carbocycles. The quantitative estimate of drug-likeness (QED) is 0.255. The number of aliphatic carboxylic acids is 1. The van der Waals surface area contributed by atoms with Gasteiger partial charge in [0.1, 0.15) is 12.1 Å². The fourth-order valence-electron chi connectivity index (χ4n) is 2.98. The summed E-state index contributed by atoms with van der Waals surface area (Å²) in [6.45, 7) is 0. The van der Waals surface area contributed by atoms with Crippen LogP contribution >= 0.6 is 0 Å². The maximum Gasteiger partial charge on any atom is 0.326 e. The first-order valence-corrected chi connectivity index (χ1v) is 8.92. The average molecular weight is 401 g/mol. The van der Waals surface area contributed by atoms with E-state index in [-0.39, 0.29) is 19.3 Å². The SMILES string of the molecule is CN(C)c1cccc2c(CC(O)C(=O)NC(CCC(=O)C=[N+]=[N-])C(=O)O)c[nH]c12. The Morgan fingerprint density at radius 3 is 2.69 bits per heavy atom. The third-order valence-electron chi connectivity index (χ3n) is 4.47. The predicted molar refractivity (Wildman–Crippen MR) is 106 cm³/mol. The summed E-state index contributed by atoms with van der Waals surface area (Å²) in [6.07, 6.45) is 0.467. The van der Waals surface area contributed by atoms with Crippen LogP contribution in [0.15, 0.2) is 24.4 Å². The van der Waals surface area contributed by atoms with Crippen molar-refractivity contribution in [3.63, 3.8) is 0 Å². The van der Waals surface area contributed by atoms with Gasteiger partial charge >= 0.3 is 12.2 Å². The lowest BCUT2D eigenvalue weighted by atomic mass is 10.0. The highest BCUT2D eigenvalue weighted by Crippen LogP contribution is 2.27. The molecule has 2 atom stereocenters. The van der Waals surface area contributed by atoms with Crippen molar-refractivity contribution < 1.29 is 29.4 Å². The minimum absolute atomic E-state index is 0.00877. The average Bonchev–Trinajstić information content (AvgIpc) is 3.07. The molecule has 0 aliphatic rings. The van der Waals surface area contributed by atoms with Crippen LogP contribution in [-0.4, -0.2) is 70.1 Å². The van der Waals surface area contributed by atoms with Gasteiger partial charge in [-0.1, -0.05) is 12.1 Å². The summed E-state index contributed by atoms with van der Waals surface area (Å²) in [4.78, 5) is 42.6. The summed E-state index contributed by atoms with van der Waals surface area (Å²) in [6, 6.07) is 4.32. The van der Waals surface area contributed by atoms with Gasteiger partial charge in [0.05, 0.1) is 11.2 Å². The standard InChI is InChI=1S/C19H23N5O5/c1-24(2)15-5-3-4-13-11(9-21-17(13)15)8-16(26)18(27)23-14(19(28)29)7-6-12(25)10-22-20/h3-5,9-10,14,16,21,26H,6-8H2,1-2H3,(H,23,27)(H,28,29). The van der Waals surface area contributed by atoms with Crippen molar-refractivity contribution in [3.05, 3.63) is 35.5 Å². The van der Waals surface area contributed by atoms with E-state index < -0.39 is 29.8 Å². The zero-order valence-corrected chi connectivity index (χ0v) is 16.1. The number of H-pyrrole nitrogens is 1. The van der Waals surface area contributed by atoms with E-state index in [1.807, 2.05) is 37.2 Å². The lowest BCUT2D eigenvalue weighted by molar-refractivity contribution is -0.143. The number of aromatic nitrogens is 1. The summed E-state index contributed by atoms with van der Waals surface area (Å²) >= 11 is 0. The van der Waals surface area contributed by atoms with E-state index in [0.717, 1.165) is 16.6 Å². The van der Waals surface area contributed by atoms with E-state index >= 15 is 0 Å². The third kappa shape index (κ3) is 5.50. The van der Waals surface area contributed by atoms with Crippen LogP contribution in [0, 0.1) is 0 Å². The molecular weight excluding hydrogens is 378 g/mol. The molecule has 29 heavy (non-hydrogen) atoms. The number of ketones is 1. The fourth-order valence-corrected chi connectivity index (χ4v) is 2.98. The number of amides is 1. The van der Waals surface area contributed by atoms with Gasteiger partial charge in [0, 0.05) is 38.5 Å². The molecule has 0 spiro atoms. The minimum atomic E-state index is -1.46. The lowest BCUT2D eigenvalue weighted by Crippen LogP contribution is -2.46. The molecular formula is C19H23N5O5. The number of anilines is 1. The van der Waals surface area contributed by atoms with Gasteiger partial charge in [-0.2, -0.15) is 4.79 Å². The molecule has 1 heterocycles. The van der Waals surface area contributed by atoms with Crippen LogP contribution in [-0.2, 0) is 20.8 Å². The van der Waals surface area contributed by atoms with Crippen molar-refractivity contribution in [2.75, 3.05) is 19.0 Å². The number of Topliss-reactive ketones (excluding diaryl/α,β-unsaturated/α-hetero) is 1. The first kappa shape index (κ1) is 21.8. The number of hydrogen-bond acceptors (Lipinski definition) is 5. The van der Waals surface area contributed by atoms with E-state index in [0.29, 0.717) is 11.8 Å². The Morgan fingerprint density at radius 1 is 1.34 bits per heavy atom. The molecule has 0 bridgehead atoms. The highest BCUT2D eigenvalue weighted by molar-refractivity contribution is 6.25. The van der Waals surface area contributed by atoms with Gasteiger partial charge in [-0.3, -0.25) is 9.59 Å². The number of carbonyl (C=O) groups is 3. The van der Waals surface area contributed by atoms with Crippen molar-refractivity contribution in [2.45, 2.75) is 31.4 Å². The number of aliphatic hydroxyl groups is 1. The second-order valence-corrected chi connectivity index (χ2v) is 6.78. The van der Waals surface area contributed by atoms with E-state index in [9.17, 15) is 24.6 Å². The predicted octanol–water partition coefficient (Wildman–Crippen LogP) is 0.357. The number of rotatable bonds is 10. The molecule has 4 N–H and O–H groups in total. The molecule has 1 aromatic heterocycles. The van der Waals surface area contributed by atoms with Crippen molar-refractivity contribution in [1.29, 1.82) is 0 Å². The molecule has 0 saturated heterocycles. The molecule has 0 saturated carbocycles. The van der Waals surface area contributed by atoms with Gasteiger partial charge in [-0.05, 0) is 18.1 Å². The zero-order valence-electron chi connectivity index (χ0n) is 16.1. The van der Waals surface area contributed by atoms with Gasteiger partial charge in [0.2, 0.25) is 11.7 Å². The van der Waals surface area contributed by atoms with E-state index in [1.165, 1.54) is 0 Å². The van der Waals surface area contributed by atoms with E-state index in [1.54, 1.807) is 6.20 Å². The number of carbonyl (C=O) groups excluding carboxylic acids is 2. The normalized spacial score (nSPS) is 12.7. The van der Waals surface area contributed by atoms with Gasteiger partial charge in [-0.25, -0.2) is 4.79 Å². The highest BCUT2D eigenvalue weighted by Gasteiger charge is 2.25. The minimum Gasteiger partial charge on any atom is -0.480 e. The molecule has 2 rings (SSSR count). The first-order chi connectivity index (χ1) is 13.7. The molecule has 2 unspecified atom stereocenters. The van der Waals surface area contributed by atoms with Crippen molar-refractivity contribution in [2.24, 2.45) is 0 Å². The van der Waals surface area contributed by atoms with Crippen LogP contribution < -0.4 is 10.2 Å². The number of aliphatic hydroxyl groups excluding tert-OH is 1. The third-order valence-corrected chi connectivity index (χ3v) is 4.47. The van der Waals surface area contributed by atoms with Gasteiger partial charge in [-0.15, -0.1) is 0 Å². The van der Waals surface area contributed by atoms with Crippen LogP contribution in [0.4, 0.5) is 5.69 Å². The first-order valence-electron chi connectivity index (χ1n) is 8.92. The summed E-state index contributed by atoms with van der Waals surface area (Å²) in [5, 5.41) is 22.6. The van der Waals surface area contributed by atoms with Crippen LogP contribution in [0.5, 0.6) is 0 Å². The van der Waals surface area contributed by atoms with Crippen molar-refractivity contribution in [1.82, 2.24) is 10.3 Å². The van der Waals surface area contributed by atoms with Crippen LogP contribution in [0.3, 0.4) is 0 Å². The number of nitrogens with one attached hydrogen (secondary N) is 2. The number of carboxylic acids is 1. The van der Waals surface area contributed by atoms with Crippen LogP contribution in [0.1, 0.15) is 18.4 Å². The maximum atomic E-state index is 12.3. The number of carboxylic acid groups (broad SMARTS) is 1. The van der Waals surface area contributed by atoms with Gasteiger partial charge in [0.15, 0.2) is 0 Å². The molecule has 10 heteroatoms. The van der Waals surface area contributed by atoms with Gasteiger partial charge < -0.3 is 30.9 Å².